The van der Waals surface area contributed by atoms with E-state index >= 15 is 0 Å². The molecule has 1 aromatic rings. The third-order valence-electron chi connectivity index (χ3n) is 3.32. The van der Waals surface area contributed by atoms with Crippen molar-refractivity contribution in [2.75, 3.05) is 27.4 Å². The first-order valence-corrected chi connectivity index (χ1v) is 8.13. The second-order valence-corrected chi connectivity index (χ2v) is 5.82. The number of carbonyl (C=O) groups excluding carboxylic acids is 3. The summed E-state index contributed by atoms with van der Waals surface area (Å²) in [7, 11) is 2.66. The zero-order chi connectivity index (χ0) is 18.6. The minimum absolute atomic E-state index is 0.152. The van der Waals surface area contributed by atoms with Gasteiger partial charge in [-0.3, -0.25) is 9.69 Å². The lowest BCUT2D eigenvalue weighted by molar-refractivity contribution is -0.142. The Bertz CT molecular complexity index is 746. The number of urea groups is 1. The lowest BCUT2D eigenvalue weighted by Gasteiger charge is -2.13. The number of nitrogens with zero attached hydrogens (tertiary/aromatic N) is 1. The van der Waals surface area contributed by atoms with Gasteiger partial charge in [0.05, 0.1) is 13.7 Å². The van der Waals surface area contributed by atoms with Crippen LogP contribution in [0.3, 0.4) is 0 Å². The molecule has 1 aliphatic heterocycles. The Kier molecular flexibility index (Phi) is 6.02. The number of esters is 1. The van der Waals surface area contributed by atoms with Crippen LogP contribution in [-0.2, 0) is 14.3 Å². The summed E-state index contributed by atoms with van der Waals surface area (Å²) in [5.74, 6) is -0.209. The van der Waals surface area contributed by atoms with Gasteiger partial charge in [-0.15, -0.1) is 0 Å². The molecule has 2 rings (SSSR count). The molecular weight excluding hydrogens is 396 g/mol. The van der Waals surface area contributed by atoms with Gasteiger partial charge in [0.15, 0.2) is 18.1 Å². The van der Waals surface area contributed by atoms with Gasteiger partial charge in [-0.1, -0.05) is 15.9 Å². The van der Waals surface area contributed by atoms with Crippen LogP contribution in [-0.4, -0.2) is 50.2 Å². The quantitative estimate of drug-likeness (QED) is 0.435. The second-order valence-electron chi connectivity index (χ2n) is 4.97. The number of amides is 3. The highest BCUT2D eigenvalue weighted by molar-refractivity contribution is 9.10. The zero-order valence-corrected chi connectivity index (χ0v) is 15.5. The zero-order valence-electron chi connectivity index (χ0n) is 13.9. The van der Waals surface area contributed by atoms with Crippen molar-refractivity contribution >= 4 is 39.9 Å². The van der Waals surface area contributed by atoms with Crippen LogP contribution in [0.1, 0.15) is 12.5 Å². The van der Waals surface area contributed by atoms with Crippen LogP contribution in [0.25, 0.3) is 6.08 Å². The van der Waals surface area contributed by atoms with Crippen molar-refractivity contribution in [2.45, 2.75) is 6.92 Å². The van der Waals surface area contributed by atoms with E-state index in [1.165, 1.54) is 20.2 Å². The molecule has 1 fully saturated rings. The molecule has 9 heteroatoms. The van der Waals surface area contributed by atoms with E-state index in [1.807, 2.05) is 0 Å². The van der Waals surface area contributed by atoms with Crippen LogP contribution in [0.2, 0.25) is 0 Å². The summed E-state index contributed by atoms with van der Waals surface area (Å²) in [6.45, 7) is 1.92. The number of halogens is 1. The molecule has 8 nitrogen and oxygen atoms in total. The van der Waals surface area contributed by atoms with Crippen molar-refractivity contribution < 1.29 is 28.6 Å². The number of rotatable bonds is 6. The van der Waals surface area contributed by atoms with E-state index < -0.39 is 17.9 Å². The van der Waals surface area contributed by atoms with Gasteiger partial charge in [-0.2, -0.15) is 0 Å². The predicted octanol–water partition coefficient (Wildman–Crippen LogP) is 1.92. The molecule has 1 aliphatic rings. The van der Waals surface area contributed by atoms with E-state index in [4.69, 9.17) is 9.47 Å². The lowest BCUT2D eigenvalue weighted by atomic mass is 10.1. The molecule has 3 amide bonds. The third kappa shape index (κ3) is 4.30. The summed E-state index contributed by atoms with van der Waals surface area (Å²) in [4.78, 5) is 35.7. The molecule has 1 saturated heterocycles. The smallest absolute Gasteiger partial charge is 0.343 e. The first-order chi connectivity index (χ1) is 11.9. The topological polar surface area (TPSA) is 94.2 Å². The Morgan fingerprint density at radius 3 is 2.52 bits per heavy atom. The van der Waals surface area contributed by atoms with Gasteiger partial charge >= 0.3 is 12.0 Å². The monoisotopic (exact) mass is 412 g/mol. The molecule has 0 spiro atoms. The Hall–Kier alpha value is -2.55. The molecule has 1 aromatic carbocycles. The highest BCUT2D eigenvalue weighted by Gasteiger charge is 2.30. The number of carbonyl (C=O) groups is 3. The molecule has 25 heavy (non-hydrogen) atoms. The van der Waals surface area contributed by atoms with Gasteiger partial charge < -0.3 is 19.5 Å². The first-order valence-electron chi connectivity index (χ1n) is 7.34. The van der Waals surface area contributed by atoms with Gasteiger partial charge in [0.1, 0.15) is 5.70 Å². The fourth-order valence-electron chi connectivity index (χ4n) is 2.02. The minimum Gasteiger partial charge on any atom is -0.490 e. The summed E-state index contributed by atoms with van der Waals surface area (Å²) < 4.78 is 16.1. The molecule has 0 aliphatic carbocycles. The largest absolute Gasteiger partial charge is 0.490 e. The average Bonchev–Trinajstić information content (AvgIpc) is 2.83. The molecule has 0 radical (unpaired) electrons. The van der Waals surface area contributed by atoms with Gasteiger partial charge in [0, 0.05) is 11.5 Å². The SMILES string of the molecule is CCOc1cc(/C=C2/NC(=O)N(C)C2=O)c(Br)cc1OCC(=O)OC. The number of methoxy groups -OCH3 is 1. The van der Waals surface area contributed by atoms with Crippen LogP contribution in [0.4, 0.5) is 4.79 Å². The molecule has 0 aromatic heterocycles. The predicted molar refractivity (Wildman–Crippen MR) is 92.1 cm³/mol. The normalized spacial score (nSPS) is 15.4. The molecule has 0 atom stereocenters. The molecule has 0 saturated carbocycles. The van der Waals surface area contributed by atoms with Crippen molar-refractivity contribution in [2.24, 2.45) is 0 Å². The summed E-state index contributed by atoms with van der Waals surface area (Å²) >= 11 is 3.38. The number of hydrogen-bond donors (Lipinski definition) is 1. The third-order valence-corrected chi connectivity index (χ3v) is 4.00. The number of benzene rings is 1. The van der Waals surface area contributed by atoms with E-state index in [0.717, 1.165) is 4.90 Å². The van der Waals surface area contributed by atoms with Crippen LogP contribution in [0, 0.1) is 0 Å². The minimum atomic E-state index is -0.521. The van der Waals surface area contributed by atoms with Crippen molar-refractivity contribution in [1.29, 1.82) is 0 Å². The second kappa shape index (κ2) is 8.02. The van der Waals surface area contributed by atoms with E-state index in [9.17, 15) is 14.4 Å². The van der Waals surface area contributed by atoms with E-state index in [1.54, 1.807) is 19.1 Å². The van der Waals surface area contributed by atoms with E-state index in [0.29, 0.717) is 28.1 Å². The number of nitrogens with one attached hydrogen (secondary N) is 1. The highest BCUT2D eigenvalue weighted by Crippen LogP contribution is 2.35. The van der Waals surface area contributed by atoms with Crippen molar-refractivity contribution in [3.05, 3.63) is 27.9 Å². The maximum absolute atomic E-state index is 12.0. The fraction of sp³-hybridized carbons (Fsp3) is 0.312. The van der Waals surface area contributed by atoms with Crippen LogP contribution in [0.5, 0.6) is 11.5 Å². The number of likely N-dealkylation sites (N-methyl/N-ethyl adjacent to an activating group) is 1. The van der Waals surface area contributed by atoms with Crippen molar-refractivity contribution in [3.8, 4) is 11.5 Å². The molecular formula is C16H17BrN2O6. The van der Waals surface area contributed by atoms with E-state index in [2.05, 4.69) is 26.0 Å². The van der Waals surface area contributed by atoms with Crippen molar-refractivity contribution in [1.82, 2.24) is 10.2 Å². The molecule has 0 unspecified atom stereocenters. The summed E-state index contributed by atoms with van der Waals surface area (Å²) in [6, 6.07) is 2.77. The lowest BCUT2D eigenvalue weighted by Crippen LogP contribution is -2.25. The van der Waals surface area contributed by atoms with Crippen LogP contribution in [0.15, 0.2) is 22.3 Å². The van der Waals surface area contributed by atoms with Gasteiger partial charge in [0.25, 0.3) is 5.91 Å². The Labute approximate surface area is 152 Å². The molecule has 0 bridgehead atoms. The summed E-state index contributed by atoms with van der Waals surface area (Å²) in [6.07, 6.45) is 1.53. The average molecular weight is 413 g/mol. The molecule has 1 N–H and O–H groups in total. The van der Waals surface area contributed by atoms with Crippen LogP contribution >= 0.6 is 15.9 Å². The van der Waals surface area contributed by atoms with Gasteiger partial charge in [0.2, 0.25) is 0 Å². The molecule has 1 heterocycles. The number of ether oxygens (including phenoxy) is 3. The van der Waals surface area contributed by atoms with E-state index in [-0.39, 0.29) is 12.3 Å². The number of hydrogen-bond acceptors (Lipinski definition) is 6. The van der Waals surface area contributed by atoms with Crippen molar-refractivity contribution in [3.63, 3.8) is 0 Å². The summed E-state index contributed by atoms with van der Waals surface area (Å²) in [5.41, 5.74) is 0.756. The Balaban J connectivity index is 2.34. The Morgan fingerprint density at radius 2 is 1.96 bits per heavy atom. The fourth-order valence-corrected chi connectivity index (χ4v) is 2.45. The maximum atomic E-state index is 12.0. The highest BCUT2D eigenvalue weighted by atomic mass is 79.9. The number of imide groups is 1. The standard InChI is InChI=1S/C16H17BrN2O6/c1-4-24-12-6-9(5-11-15(21)19(2)16(22)18-11)10(17)7-13(12)25-8-14(20)23-3/h5-7H,4,8H2,1-3H3,(H,18,22)/b11-5+. The van der Waals surface area contributed by atoms with Crippen LogP contribution < -0.4 is 14.8 Å². The molecule has 134 valence electrons. The maximum Gasteiger partial charge on any atom is 0.343 e. The summed E-state index contributed by atoms with van der Waals surface area (Å²) in [5, 5.41) is 2.49. The van der Waals surface area contributed by atoms with Gasteiger partial charge in [-0.25, -0.2) is 9.59 Å². The first kappa shape index (κ1) is 18.8. The van der Waals surface area contributed by atoms with Gasteiger partial charge in [-0.05, 0) is 30.7 Å². The Morgan fingerprint density at radius 1 is 1.28 bits per heavy atom.